The summed E-state index contributed by atoms with van der Waals surface area (Å²) in [5.74, 6) is -1.13. The van der Waals surface area contributed by atoms with Crippen molar-refractivity contribution in [2.45, 2.75) is 85.5 Å². The van der Waals surface area contributed by atoms with Crippen molar-refractivity contribution in [3.8, 4) is 5.75 Å². The molecule has 2 atom stereocenters. The Morgan fingerprint density at radius 1 is 1.09 bits per heavy atom. The predicted molar refractivity (Wildman–Crippen MR) is 130 cm³/mol. The van der Waals surface area contributed by atoms with Gasteiger partial charge in [-0.05, 0) is 59.4 Å². The molecule has 4 N–H and O–H groups in total. The van der Waals surface area contributed by atoms with Crippen LogP contribution in [-0.4, -0.2) is 63.9 Å². The molecule has 0 saturated carbocycles. The molecule has 0 fully saturated rings. The largest absolute Gasteiger partial charge is 0.507 e. The Labute approximate surface area is 202 Å². The number of hydrogen-bond donors (Lipinski definition) is 4. The maximum atomic E-state index is 13.8. The van der Waals surface area contributed by atoms with E-state index in [1.54, 1.807) is 59.7 Å². The first-order valence-electron chi connectivity index (χ1n) is 11.7. The SMILES string of the molecule is Cc1cccc(C(C(=O)NC(C)C)N(CCO)C(=O)C(CC(C)C)NC(=O)OC(C)(C)C)c1O. The van der Waals surface area contributed by atoms with E-state index in [4.69, 9.17) is 4.74 Å². The summed E-state index contributed by atoms with van der Waals surface area (Å²) in [5, 5.41) is 25.9. The maximum absolute atomic E-state index is 13.8. The van der Waals surface area contributed by atoms with Crippen LogP contribution in [0, 0.1) is 12.8 Å². The molecule has 0 aliphatic rings. The average Bonchev–Trinajstić information content (AvgIpc) is 2.67. The number of aliphatic hydroxyl groups excluding tert-OH is 1. The van der Waals surface area contributed by atoms with E-state index in [0.717, 1.165) is 0 Å². The Morgan fingerprint density at radius 3 is 2.21 bits per heavy atom. The number of phenols is 1. The second kappa shape index (κ2) is 12.6. The summed E-state index contributed by atoms with van der Waals surface area (Å²) in [6, 6.07) is 2.52. The Kier molecular flexibility index (Phi) is 10.8. The van der Waals surface area contributed by atoms with Crippen molar-refractivity contribution in [1.29, 1.82) is 0 Å². The lowest BCUT2D eigenvalue weighted by Gasteiger charge is -2.35. The first-order chi connectivity index (χ1) is 15.7. The number of nitrogens with zero attached hydrogens (tertiary/aromatic N) is 1. The normalized spacial score (nSPS) is 13.4. The molecule has 0 saturated heterocycles. The third-order valence-corrected chi connectivity index (χ3v) is 4.87. The highest BCUT2D eigenvalue weighted by Crippen LogP contribution is 2.32. The fourth-order valence-electron chi connectivity index (χ4n) is 3.53. The van der Waals surface area contributed by atoms with E-state index in [1.807, 2.05) is 13.8 Å². The number of ether oxygens (including phenoxy) is 1. The number of para-hydroxylation sites is 1. The molecule has 1 rings (SSSR count). The summed E-state index contributed by atoms with van der Waals surface area (Å²) in [6.45, 7) is 13.6. The molecule has 0 aliphatic carbocycles. The molecule has 0 bridgehead atoms. The minimum absolute atomic E-state index is 0.0372. The van der Waals surface area contributed by atoms with E-state index in [0.29, 0.717) is 12.0 Å². The van der Waals surface area contributed by atoms with Crippen LogP contribution in [0.2, 0.25) is 0 Å². The van der Waals surface area contributed by atoms with Gasteiger partial charge in [0.25, 0.3) is 0 Å². The molecular weight excluding hydrogens is 438 g/mol. The van der Waals surface area contributed by atoms with Gasteiger partial charge in [0, 0.05) is 18.2 Å². The summed E-state index contributed by atoms with van der Waals surface area (Å²) < 4.78 is 5.33. The number of aryl methyl sites for hydroxylation is 1. The lowest BCUT2D eigenvalue weighted by molar-refractivity contribution is -0.143. The molecule has 34 heavy (non-hydrogen) atoms. The molecule has 2 unspecified atom stereocenters. The fraction of sp³-hybridized carbons (Fsp3) is 0.640. The number of hydrogen-bond acceptors (Lipinski definition) is 6. The molecule has 3 amide bonds. The van der Waals surface area contributed by atoms with Crippen LogP contribution in [0.25, 0.3) is 0 Å². The van der Waals surface area contributed by atoms with Gasteiger partial charge >= 0.3 is 6.09 Å². The standard InChI is InChI=1S/C25H41N3O6/c1-15(2)14-19(27-24(33)34-25(6,7)8)23(32)28(12-13-29)20(22(31)26-16(3)4)18-11-9-10-17(5)21(18)30/h9-11,15-16,19-20,29-30H,12-14H2,1-8H3,(H,26,31)(H,27,33). The molecule has 9 nitrogen and oxygen atoms in total. The van der Waals surface area contributed by atoms with Crippen molar-refractivity contribution in [2.75, 3.05) is 13.2 Å². The van der Waals surface area contributed by atoms with Gasteiger partial charge in [-0.25, -0.2) is 4.79 Å². The van der Waals surface area contributed by atoms with Crippen molar-refractivity contribution in [3.05, 3.63) is 29.3 Å². The highest BCUT2D eigenvalue weighted by Gasteiger charge is 2.37. The monoisotopic (exact) mass is 479 g/mol. The van der Waals surface area contributed by atoms with E-state index < -0.39 is 42.2 Å². The summed E-state index contributed by atoms with van der Waals surface area (Å²) >= 11 is 0. The predicted octanol–water partition coefficient (Wildman–Crippen LogP) is 3.03. The third-order valence-electron chi connectivity index (χ3n) is 4.87. The number of aromatic hydroxyl groups is 1. The smallest absolute Gasteiger partial charge is 0.408 e. The quantitative estimate of drug-likeness (QED) is 0.408. The van der Waals surface area contributed by atoms with Gasteiger partial charge in [-0.3, -0.25) is 9.59 Å². The maximum Gasteiger partial charge on any atom is 0.408 e. The average molecular weight is 480 g/mol. The van der Waals surface area contributed by atoms with Crippen molar-refractivity contribution in [2.24, 2.45) is 5.92 Å². The second-order valence-electron chi connectivity index (χ2n) is 10.2. The number of benzene rings is 1. The number of aliphatic hydroxyl groups is 1. The van der Waals surface area contributed by atoms with Crippen LogP contribution in [-0.2, 0) is 14.3 Å². The highest BCUT2D eigenvalue weighted by atomic mass is 16.6. The van der Waals surface area contributed by atoms with Crippen LogP contribution in [0.5, 0.6) is 5.75 Å². The van der Waals surface area contributed by atoms with Gasteiger partial charge in [-0.1, -0.05) is 32.0 Å². The van der Waals surface area contributed by atoms with E-state index in [2.05, 4.69) is 10.6 Å². The van der Waals surface area contributed by atoms with E-state index in [1.165, 1.54) is 4.90 Å². The van der Waals surface area contributed by atoms with Gasteiger partial charge in [-0.15, -0.1) is 0 Å². The zero-order valence-corrected chi connectivity index (χ0v) is 21.6. The molecule has 0 heterocycles. The summed E-state index contributed by atoms with van der Waals surface area (Å²) in [4.78, 5) is 40.7. The highest BCUT2D eigenvalue weighted by molar-refractivity contribution is 5.92. The topological polar surface area (TPSA) is 128 Å². The Balaban J connectivity index is 3.49. The minimum Gasteiger partial charge on any atom is -0.507 e. The lowest BCUT2D eigenvalue weighted by atomic mass is 9.97. The van der Waals surface area contributed by atoms with Crippen molar-refractivity contribution >= 4 is 17.9 Å². The van der Waals surface area contributed by atoms with Gasteiger partial charge in [0.15, 0.2) is 0 Å². The molecule has 192 valence electrons. The minimum atomic E-state index is -1.21. The molecule has 0 spiro atoms. The van der Waals surface area contributed by atoms with Gasteiger partial charge in [0.2, 0.25) is 11.8 Å². The van der Waals surface area contributed by atoms with Crippen molar-refractivity contribution < 1.29 is 29.3 Å². The second-order valence-corrected chi connectivity index (χ2v) is 10.2. The van der Waals surface area contributed by atoms with Crippen LogP contribution in [0.4, 0.5) is 4.79 Å². The number of nitrogens with one attached hydrogen (secondary N) is 2. The molecule has 0 aromatic heterocycles. The van der Waals surface area contributed by atoms with Crippen molar-refractivity contribution in [1.82, 2.24) is 15.5 Å². The summed E-state index contributed by atoms with van der Waals surface area (Å²) in [7, 11) is 0. The van der Waals surface area contributed by atoms with Crippen LogP contribution in [0.15, 0.2) is 18.2 Å². The lowest BCUT2D eigenvalue weighted by Crippen LogP contribution is -2.54. The van der Waals surface area contributed by atoms with Crippen LogP contribution in [0.1, 0.15) is 72.1 Å². The Hall–Kier alpha value is -2.81. The zero-order valence-electron chi connectivity index (χ0n) is 21.6. The molecule has 1 aromatic carbocycles. The van der Waals surface area contributed by atoms with E-state index in [-0.39, 0.29) is 29.8 Å². The molecular formula is C25H41N3O6. The molecule has 1 aromatic rings. The summed E-state index contributed by atoms with van der Waals surface area (Å²) in [5.41, 5.74) is 0.0234. The first-order valence-corrected chi connectivity index (χ1v) is 11.7. The number of phenolic OH excluding ortho intramolecular Hbond substituents is 1. The zero-order chi connectivity index (χ0) is 26.2. The van der Waals surface area contributed by atoms with Crippen molar-refractivity contribution in [3.63, 3.8) is 0 Å². The van der Waals surface area contributed by atoms with Crippen LogP contribution < -0.4 is 10.6 Å². The number of carbonyl (C=O) groups is 3. The van der Waals surface area contributed by atoms with Crippen LogP contribution in [0.3, 0.4) is 0 Å². The number of amides is 3. The van der Waals surface area contributed by atoms with Gasteiger partial charge in [-0.2, -0.15) is 0 Å². The van der Waals surface area contributed by atoms with Crippen LogP contribution >= 0.6 is 0 Å². The Morgan fingerprint density at radius 2 is 1.71 bits per heavy atom. The van der Waals surface area contributed by atoms with E-state index in [9.17, 15) is 24.6 Å². The van der Waals surface area contributed by atoms with Gasteiger partial charge in [0.05, 0.1) is 6.61 Å². The Bertz CT molecular complexity index is 848. The third kappa shape index (κ3) is 8.85. The van der Waals surface area contributed by atoms with E-state index >= 15 is 0 Å². The first kappa shape index (κ1) is 29.2. The molecule has 9 heteroatoms. The molecule has 0 radical (unpaired) electrons. The number of rotatable bonds is 10. The van der Waals surface area contributed by atoms with Gasteiger partial charge < -0.3 is 30.5 Å². The number of alkyl carbamates (subject to hydrolysis) is 1. The number of carbonyl (C=O) groups excluding carboxylic acids is 3. The summed E-state index contributed by atoms with van der Waals surface area (Å²) in [6.07, 6.45) is -0.463. The fourth-order valence-corrected chi connectivity index (χ4v) is 3.53. The van der Waals surface area contributed by atoms with Gasteiger partial charge in [0.1, 0.15) is 23.4 Å². The molecule has 0 aliphatic heterocycles.